The van der Waals surface area contributed by atoms with Crippen LogP contribution in [0.2, 0.25) is 0 Å². The summed E-state index contributed by atoms with van der Waals surface area (Å²) in [6, 6.07) is 6.79. The van der Waals surface area contributed by atoms with Crippen molar-refractivity contribution in [1.29, 1.82) is 0 Å². The number of hydrogen-bond acceptors (Lipinski definition) is 3. The first-order valence-corrected chi connectivity index (χ1v) is 8.65. The highest BCUT2D eigenvalue weighted by molar-refractivity contribution is 9.10. The summed E-state index contributed by atoms with van der Waals surface area (Å²) < 4.78 is 0.789. The molecule has 24 heavy (non-hydrogen) atoms. The summed E-state index contributed by atoms with van der Waals surface area (Å²) in [7, 11) is 1.72. The first-order chi connectivity index (χ1) is 11.4. The number of amides is 4. The van der Waals surface area contributed by atoms with E-state index in [1.165, 1.54) is 0 Å². The topological polar surface area (TPSA) is 91.7 Å². The number of para-hydroxylation sites is 1. The Morgan fingerprint density at radius 1 is 1.12 bits per heavy atom. The summed E-state index contributed by atoms with van der Waals surface area (Å²) >= 11 is 3.35. The second-order valence-electron chi connectivity index (χ2n) is 5.50. The number of nitrogens with one attached hydrogen (secondary N) is 4. The molecule has 4 N–H and O–H groups in total. The predicted molar refractivity (Wildman–Crippen MR) is 95.8 cm³/mol. The lowest BCUT2D eigenvalue weighted by Gasteiger charge is -2.14. The van der Waals surface area contributed by atoms with Gasteiger partial charge in [0.25, 0.3) is 11.8 Å². The number of carbonyl (C=O) groups is 3. The highest BCUT2D eigenvalue weighted by Crippen LogP contribution is 2.20. The summed E-state index contributed by atoms with van der Waals surface area (Å²) in [5.41, 5.74) is 0.676. The van der Waals surface area contributed by atoms with E-state index >= 15 is 0 Å². The van der Waals surface area contributed by atoms with E-state index in [0.717, 1.165) is 17.3 Å². The van der Waals surface area contributed by atoms with Gasteiger partial charge in [0.15, 0.2) is 13.1 Å². The molecule has 0 radical (unpaired) electrons. The van der Waals surface area contributed by atoms with Gasteiger partial charge in [-0.2, -0.15) is 0 Å². The third-order valence-corrected chi connectivity index (χ3v) is 3.83. The highest BCUT2D eigenvalue weighted by Gasteiger charge is 2.16. The molecule has 0 aliphatic heterocycles. The first kappa shape index (κ1) is 20.1. The Balaban J connectivity index is 2.33. The van der Waals surface area contributed by atoms with E-state index in [1.54, 1.807) is 13.1 Å². The molecular formula is C16H24BrN4O3+. The quantitative estimate of drug-likeness (QED) is 0.480. The minimum Gasteiger partial charge on any atom is -0.338 e. The van der Waals surface area contributed by atoms with Crippen molar-refractivity contribution in [3.05, 3.63) is 28.7 Å². The van der Waals surface area contributed by atoms with Gasteiger partial charge in [-0.15, -0.1) is 0 Å². The molecule has 0 saturated heterocycles. The second-order valence-corrected chi connectivity index (χ2v) is 6.35. The van der Waals surface area contributed by atoms with Crippen LogP contribution in [0.25, 0.3) is 0 Å². The Morgan fingerprint density at radius 2 is 1.79 bits per heavy atom. The summed E-state index contributed by atoms with van der Waals surface area (Å²) in [6.45, 7) is 2.70. The minimum absolute atomic E-state index is 0.0323. The zero-order valence-corrected chi connectivity index (χ0v) is 15.5. The van der Waals surface area contributed by atoms with E-state index in [-0.39, 0.29) is 19.0 Å². The van der Waals surface area contributed by atoms with E-state index in [4.69, 9.17) is 0 Å². The van der Waals surface area contributed by atoms with E-state index in [1.807, 2.05) is 25.1 Å². The van der Waals surface area contributed by atoms with Crippen molar-refractivity contribution in [2.45, 2.75) is 19.8 Å². The molecule has 1 unspecified atom stereocenters. The lowest BCUT2D eigenvalue weighted by atomic mass is 10.3. The maximum atomic E-state index is 12.0. The maximum Gasteiger partial charge on any atom is 0.321 e. The van der Waals surface area contributed by atoms with Crippen LogP contribution < -0.4 is 20.9 Å². The number of carbonyl (C=O) groups excluding carboxylic acids is 3. The Bertz CT molecular complexity index is 580. The Morgan fingerprint density at radius 3 is 2.46 bits per heavy atom. The van der Waals surface area contributed by atoms with Crippen molar-refractivity contribution in [2.24, 2.45) is 0 Å². The number of quaternary nitrogens is 1. The molecule has 0 heterocycles. The van der Waals surface area contributed by atoms with Gasteiger partial charge in [0.05, 0.1) is 12.7 Å². The standard InChI is InChI=1S/C16H23BrN4O3/c1-3-4-9-18-16(24)20-15(23)11-21(2)10-14(22)19-13-8-6-5-7-12(13)17/h5-8H,3-4,9-11H2,1-2H3,(H,19,22)(H2,18,20,23,24)/p+1. The van der Waals surface area contributed by atoms with Crippen LogP contribution in [0, 0.1) is 0 Å². The number of rotatable bonds is 8. The van der Waals surface area contributed by atoms with Gasteiger partial charge in [0.1, 0.15) is 0 Å². The number of likely N-dealkylation sites (N-methyl/N-ethyl adjacent to an activating group) is 1. The molecule has 8 heteroatoms. The predicted octanol–water partition coefficient (Wildman–Crippen LogP) is 0.528. The summed E-state index contributed by atoms with van der Waals surface area (Å²) in [6.07, 6.45) is 1.83. The van der Waals surface area contributed by atoms with E-state index in [9.17, 15) is 14.4 Å². The molecule has 1 atom stereocenters. The SMILES string of the molecule is CCCCNC(=O)NC(=O)C[NH+](C)CC(=O)Nc1ccccc1Br. The van der Waals surface area contributed by atoms with Gasteiger partial charge in [-0.3, -0.25) is 14.9 Å². The highest BCUT2D eigenvalue weighted by atomic mass is 79.9. The molecule has 1 rings (SSSR count). The maximum absolute atomic E-state index is 12.0. The normalized spacial score (nSPS) is 11.5. The number of urea groups is 1. The van der Waals surface area contributed by atoms with Crippen molar-refractivity contribution >= 4 is 39.5 Å². The number of imide groups is 1. The van der Waals surface area contributed by atoms with E-state index in [0.29, 0.717) is 17.1 Å². The fourth-order valence-electron chi connectivity index (χ4n) is 1.96. The van der Waals surface area contributed by atoms with Gasteiger partial charge in [0, 0.05) is 11.0 Å². The lowest BCUT2D eigenvalue weighted by Crippen LogP contribution is -3.11. The minimum atomic E-state index is -0.501. The van der Waals surface area contributed by atoms with Crippen molar-refractivity contribution < 1.29 is 19.3 Å². The van der Waals surface area contributed by atoms with Crippen molar-refractivity contribution in [3.8, 4) is 0 Å². The zero-order chi connectivity index (χ0) is 17.9. The first-order valence-electron chi connectivity index (χ1n) is 7.85. The van der Waals surface area contributed by atoms with Crippen LogP contribution in [-0.2, 0) is 9.59 Å². The van der Waals surface area contributed by atoms with Crippen LogP contribution in [0.4, 0.5) is 10.5 Å². The monoisotopic (exact) mass is 399 g/mol. The van der Waals surface area contributed by atoms with Gasteiger partial charge >= 0.3 is 6.03 Å². The lowest BCUT2D eigenvalue weighted by molar-refractivity contribution is -0.862. The summed E-state index contributed by atoms with van der Waals surface area (Å²) in [5.74, 6) is -0.630. The van der Waals surface area contributed by atoms with Gasteiger partial charge in [0.2, 0.25) is 0 Å². The van der Waals surface area contributed by atoms with Crippen LogP contribution in [-0.4, -0.2) is 44.5 Å². The van der Waals surface area contributed by atoms with Crippen LogP contribution in [0.1, 0.15) is 19.8 Å². The average molecular weight is 400 g/mol. The Kier molecular flexibility index (Phi) is 9.03. The molecule has 0 aliphatic rings. The Hall–Kier alpha value is -1.93. The Labute approximate surface area is 150 Å². The second kappa shape index (κ2) is 10.8. The molecule has 7 nitrogen and oxygen atoms in total. The molecule has 4 amide bonds. The number of benzene rings is 1. The molecular weight excluding hydrogens is 376 g/mol. The van der Waals surface area contributed by atoms with Gasteiger partial charge in [-0.25, -0.2) is 4.79 Å². The molecule has 0 aliphatic carbocycles. The number of anilines is 1. The molecule has 132 valence electrons. The number of hydrogen-bond donors (Lipinski definition) is 4. The molecule has 0 saturated carbocycles. The summed E-state index contributed by atoms with van der Waals surface area (Å²) in [5, 5.41) is 7.63. The van der Waals surface area contributed by atoms with Crippen LogP contribution >= 0.6 is 15.9 Å². The molecule has 0 aromatic heterocycles. The van der Waals surface area contributed by atoms with Crippen molar-refractivity contribution in [1.82, 2.24) is 10.6 Å². The van der Waals surface area contributed by atoms with Crippen LogP contribution in [0.3, 0.4) is 0 Å². The fraction of sp³-hybridized carbons (Fsp3) is 0.438. The third kappa shape index (κ3) is 8.07. The molecule has 0 bridgehead atoms. The molecule has 1 aromatic carbocycles. The number of halogens is 1. The molecule has 1 aromatic rings. The average Bonchev–Trinajstić information content (AvgIpc) is 2.49. The zero-order valence-electron chi connectivity index (χ0n) is 13.9. The van der Waals surface area contributed by atoms with Crippen molar-refractivity contribution in [2.75, 3.05) is 32.0 Å². The van der Waals surface area contributed by atoms with Crippen LogP contribution in [0.15, 0.2) is 28.7 Å². The smallest absolute Gasteiger partial charge is 0.321 e. The van der Waals surface area contributed by atoms with Crippen molar-refractivity contribution in [3.63, 3.8) is 0 Å². The fourth-order valence-corrected chi connectivity index (χ4v) is 2.35. The third-order valence-electron chi connectivity index (χ3n) is 3.14. The van der Waals surface area contributed by atoms with Crippen LogP contribution in [0.5, 0.6) is 0 Å². The van der Waals surface area contributed by atoms with Gasteiger partial charge < -0.3 is 15.5 Å². The molecule has 0 spiro atoms. The number of unbranched alkanes of at least 4 members (excludes halogenated alkanes) is 1. The summed E-state index contributed by atoms with van der Waals surface area (Å²) in [4.78, 5) is 35.9. The van der Waals surface area contributed by atoms with Gasteiger partial charge in [-0.05, 0) is 34.5 Å². The van der Waals surface area contributed by atoms with E-state index < -0.39 is 11.9 Å². The van der Waals surface area contributed by atoms with E-state index in [2.05, 4.69) is 31.9 Å². The van der Waals surface area contributed by atoms with Gasteiger partial charge in [-0.1, -0.05) is 25.5 Å². The molecule has 0 fully saturated rings. The largest absolute Gasteiger partial charge is 0.338 e.